The highest BCUT2D eigenvalue weighted by molar-refractivity contribution is 5.67. The van der Waals surface area contributed by atoms with Gasteiger partial charge in [-0.15, -0.1) is 0 Å². The minimum atomic E-state index is -0.257. The van der Waals surface area contributed by atoms with Crippen LogP contribution in [0.2, 0.25) is 0 Å². The van der Waals surface area contributed by atoms with E-state index in [-0.39, 0.29) is 6.09 Å². The van der Waals surface area contributed by atoms with Crippen molar-refractivity contribution in [2.24, 2.45) is 5.92 Å². The fourth-order valence-corrected chi connectivity index (χ4v) is 1.27. The second-order valence-corrected chi connectivity index (χ2v) is 3.10. The second kappa shape index (κ2) is 4.30. The lowest BCUT2D eigenvalue weighted by molar-refractivity contribution is 0.113. The van der Waals surface area contributed by atoms with Gasteiger partial charge < -0.3 is 14.4 Å². The van der Waals surface area contributed by atoms with Crippen molar-refractivity contribution in [2.75, 3.05) is 33.4 Å². The van der Waals surface area contributed by atoms with Crippen LogP contribution in [0.15, 0.2) is 0 Å². The van der Waals surface area contributed by atoms with Crippen LogP contribution in [0.25, 0.3) is 0 Å². The Balaban J connectivity index is 2.46. The molecule has 1 rings (SSSR count). The lowest BCUT2D eigenvalue weighted by Gasteiger charge is -2.19. The zero-order valence-corrected chi connectivity index (χ0v) is 7.58. The van der Waals surface area contributed by atoms with Crippen molar-refractivity contribution < 1.29 is 14.3 Å². The summed E-state index contributed by atoms with van der Waals surface area (Å²) in [5, 5.41) is 0. The number of nitrogens with zero attached hydrogens (tertiary/aromatic N) is 1. The van der Waals surface area contributed by atoms with Crippen molar-refractivity contribution in [2.45, 2.75) is 6.92 Å². The molecule has 1 fully saturated rings. The Kier molecular flexibility index (Phi) is 3.34. The Bertz CT molecular complexity index is 160. The van der Waals surface area contributed by atoms with Crippen LogP contribution in [0.1, 0.15) is 6.92 Å². The summed E-state index contributed by atoms with van der Waals surface area (Å²) in [7, 11) is 1.40. The van der Waals surface area contributed by atoms with Crippen LogP contribution in [0.3, 0.4) is 0 Å². The van der Waals surface area contributed by atoms with Crippen molar-refractivity contribution >= 4 is 6.09 Å². The molecule has 12 heavy (non-hydrogen) atoms. The number of ether oxygens (including phenoxy) is 2. The number of hydrogen-bond acceptors (Lipinski definition) is 3. The van der Waals surface area contributed by atoms with Gasteiger partial charge in [-0.25, -0.2) is 4.79 Å². The smallest absolute Gasteiger partial charge is 0.409 e. The van der Waals surface area contributed by atoms with Gasteiger partial charge in [-0.2, -0.15) is 0 Å². The van der Waals surface area contributed by atoms with Crippen molar-refractivity contribution in [3.05, 3.63) is 0 Å². The van der Waals surface area contributed by atoms with Crippen LogP contribution < -0.4 is 0 Å². The van der Waals surface area contributed by atoms with Crippen molar-refractivity contribution in [1.29, 1.82) is 0 Å². The molecule has 0 spiro atoms. The maximum Gasteiger partial charge on any atom is 0.409 e. The SMILES string of the molecule is COC(=O)N1CCOCC(C)C1. The summed E-state index contributed by atoms with van der Waals surface area (Å²) < 4.78 is 9.91. The molecule has 0 aromatic heterocycles. The molecule has 0 aromatic rings. The van der Waals surface area contributed by atoms with E-state index in [0.717, 1.165) is 13.2 Å². The molecule has 1 aliphatic heterocycles. The molecule has 0 aromatic carbocycles. The zero-order chi connectivity index (χ0) is 8.97. The molecule has 1 amide bonds. The molecule has 0 saturated carbocycles. The number of carbonyl (C=O) groups excluding carboxylic acids is 1. The first kappa shape index (κ1) is 9.32. The van der Waals surface area contributed by atoms with Crippen LogP contribution in [-0.2, 0) is 9.47 Å². The van der Waals surface area contributed by atoms with E-state index < -0.39 is 0 Å². The summed E-state index contributed by atoms with van der Waals surface area (Å²) in [5.41, 5.74) is 0. The Hall–Kier alpha value is -0.770. The van der Waals surface area contributed by atoms with Gasteiger partial charge in [0.2, 0.25) is 0 Å². The van der Waals surface area contributed by atoms with Crippen molar-refractivity contribution in [3.8, 4) is 0 Å². The normalized spacial score (nSPS) is 24.8. The van der Waals surface area contributed by atoms with E-state index in [1.165, 1.54) is 7.11 Å². The van der Waals surface area contributed by atoms with E-state index in [9.17, 15) is 4.79 Å². The predicted octanol–water partition coefficient (Wildman–Crippen LogP) is 0.721. The Morgan fingerprint density at radius 1 is 1.67 bits per heavy atom. The average Bonchev–Trinajstić information content (AvgIpc) is 2.28. The summed E-state index contributed by atoms with van der Waals surface area (Å²) in [5.74, 6) is 0.395. The van der Waals surface area contributed by atoms with Gasteiger partial charge in [0.25, 0.3) is 0 Å². The summed E-state index contributed by atoms with van der Waals surface area (Å²) in [6, 6.07) is 0. The largest absolute Gasteiger partial charge is 0.453 e. The van der Waals surface area contributed by atoms with E-state index >= 15 is 0 Å². The number of amides is 1. The van der Waals surface area contributed by atoms with Gasteiger partial charge in [0.1, 0.15) is 0 Å². The van der Waals surface area contributed by atoms with Crippen LogP contribution >= 0.6 is 0 Å². The summed E-state index contributed by atoms with van der Waals surface area (Å²) in [6.45, 7) is 4.76. The van der Waals surface area contributed by atoms with E-state index in [4.69, 9.17) is 4.74 Å². The third-order valence-corrected chi connectivity index (χ3v) is 1.87. The highest BCUT2D eigenvalue weighted by Gasteiger charge is 2.19. The van der Waals surface area contributed by atoms with Gasteiger partial charge >= 0.3 is 6.09 Å². The molecule has 0 N–H and O–H groups in total. The number of rotatable bonds is 0. The maximum absolute atomic E-state index is 11.1. The van der Waals surface area contributed by atoms with E-state index in [0.29, 0.717) is 19.1 Å². The quantitative estimate of drug-likeness (QED) is 0.542. The number of carbonyl (C=O) groups is 1. The van der Waals surface area contributed by atoms with Crippen LogP contribution in [-0.4, -0.2) is 44.4 Å². The molecule has 1 heterocycles. The molecule has 1 unspecified atom stereocenters. The molecule has 0 aliphatic carbocycles. The summed E-state index contributed by atoms with van der Waals surface area (Å²) >= 11 is 0. The highest BCUT2D eigenvalue weighted by atomic mass is 16.5. The Morgan fingerprint density at radius 3 is 3.08 bits per heavy atom. The summed E-state index contributed by atoms with van der Waals surface area (Å²) in [4.78, 5) is 12.8. The first-order chi connectivity index (χ1) is 5.74. The zero-order valence-electron chi connectivity index (χ0n) is 7.58. The number of methoxy groups -OCH3 is 1. The average molecular weight is 173 g/mol. The van der Waals surface area contributed by atoms with Gasteiger partial charge in [0.05, 0.1) is 20.3 Å². The molecule has 4 heteroatoms. The topological polar surface area (TPSA) is 38.8 Å². The molecule has 70 valence electrons. The third-order valence-electron chi connectivity index (χ3n) is 1.87. The lowest BCUT2D eigenvalue weighted by Crippen LogP contribution is -2.35. The molecule has 1 atom stereocenters. The van der Waals surface area contributed by atoms with Gasteiger partial charge in [-0.3, -0.25) is 0 Å². The molecule has 1 saturated heterocycles. The molecule has 4 nitrogen and oxygen atoms in total. The standard InChI is InChI=1S/C8H15NO3/c1-7-5-9(8(10)11-2)3-4-12-6-7/h7H,3-6H2,1-2H3. The monoisotopic (exact) mass is 173 g/mol. The molecular formula is C8H15NO3. The first-order valence-electron chi connectivity index (χ1n) is 4.14. The highest BCUT2D eigenvalue weighted by Crippen LogP contribution is 2.06. The van der Waals surface area contributed by atoms with E-state index in [1.807, 2.05) is 0 Å². The van der Waals surface area contributed by atoms with Gasteiger partial charge in [-0.1, -0.05) is 6.92 Å². The third kappa shape index (κ3) is 2.37. The minimum absolute atomic E-state index is 0.257. The fourth-order valence-electron chi connectivity index (χ4n) is 1.27. The fraction of sp³-hybridized carbons (Fsp3) is 0.875. The van der Waals surface area contributed by atoms with Gasteiger partial charge in [-0.05, 0) is 5.92 Å². The molecule has 0 radical (unpaired) electrons. The minimum Gasteiger partial charge on any atom is -0.453 e. The van der Waals surface area contributed by atoms with Gasteiger partial charge in [0, 0.05) is 13.1 Å². The number of hydrogen-bond donors (Lipinski definition) is 0. The van der Waals surface area contributed by atoms with E-state index in [2.05, 4.69) is 11.7 Å². The second-order valence-electron chi connectivity index (χ2n) is 3.10. The van der Waals surface area contributed by atoms with Gasteiger partial charge in [0.15, 0.2) is 0 Å². The molecular weight excluding hydrogens is 158 g/mol. The van der Waals surface area contributed by atoms with Crippen molar-refractivity contribution in [1.82, 2.24) is 4.90 Å². The first-order valence-corrected chi connectivity index (χ1v) is 4.14. The lowest BCUT2D eigenvalue weighted by atomic mass is 10.2. The van der Waals surface area contributed by atoms with E-state index in [1.54, 1.807) is 4.90 Å². The van der Waals surface area contributed by atoms with Crippen LogP contribution in [0, 0.1) is 5.92 Å². The van der Waals surface area contributed by atoms with Crippen LogP contribution in [0.5, 0.6) is 0 Å². The van der Waals surface area contributed by atoms with Crippen molar-refractivity contribution in [3.63, 3.8) is 0 Å². The molecule has 0 bridgehead atoms. The summed E-state index contributed by atoms with van der Waals surface area (Å²) in [6.07, 6.45) is -0.257. The predicted molar refractivity (Wildman–Crippen MR) is 44.0 cm³/mol. The Morgan fingerprint density at radius 2 is 2.42 bits per heavy atom. The maximum atomic E-state index is 11.1. The van der Waals surface area contributed by atoms with Crippen LogP contribution in [0.4, 0.5) is 4.79 Å². The Labute approximate surface area is 72.4 Å². The molecule has 1 aliphatic rings.